The number of unbranched alkanes of at least 4 members (excludes halogenated alkanes) is 14. The Hall–Kier alpha value is 0.200. The van der Waals surface area contributed by atoms with Crippen LogP contribution in [0.1, 0.15) is 116 Å². The smallest absolute Gasteiger partial charge is 0.305 e. The summed E-state index contributed by atoms with van der Waals surface area (Å²) in [7, 11) is 0. The first kappa shape index (κ1) is 24.2. The van der Waals surface area contributed by atoms with Crippen molar-refractivity contribution in [1.82, 2.24) is 0 Å². The van der Waals surface area contributed by atoms with Crippen LogP contribution < -0.4 is 0 Å². The van der Waals surface area contributed by atoms with Gasteiger partial charge >= 0.3 is 5.97 Å². The number of hydrogen-bond donors (Lipinski definition) is 0. The molecule has 0 N–H and O–H groups in total. The Kier molecular flexibility index (Phi) is 21.4. The van der Waals surface area contributed by atoms with Gasteiger partial charge in [0.25, 0.3) is 0 Å². The van der Waals surface area contributed by atoms with E-state index in [0.29, 0.717) is 13.0 Å². The Balaban J connectivity index is 3.06. The first-order valence-electron chi connectivity index (χ1n) is 10.5. The summed E-state index contributed by atoms with van der Waals surface area (Å²) < 4.78 is 6.22. The molecule has 0 heterocycles. The summed E-state index contributed by atoms with van der Waals surface area (Å²) in [5, 5.41) is 0. The molecule has 0 aromatic heterocycles. The van der Waals surface area contributed by atoms with Crippen molar-refractivity contribution in [2.45, 2.75) is 116 Å². The van der Waals surface area contributed by atoms with E-state index in [1.807, 2.05) is 0 Å². The van der Waals surface area contributed by atoms with Crippen LogP contribution in [-0.2, 0) is 9.53 Å². The highest BCUT2D eigenvalue weighted by Crippen LogP contribution is 2.13. The molecule has 0 aromatic rings. The highest BCUT2D eigenvalue weighted by Gasteiger charge is 2.01. The number of hydrogen-bond acceptors (Lipinski definition) is 2. The van der Waals surface area contributed by atoms with Crippen LogP contribution in [0.4, 0.5) is 0 Å². The molecule has 0 bridgehead atoms. The number of ether oxygens (including phenoxy) is 1. The monoisotopic (exact) mass is 452 g/mol. The topological polar surface area (TPSA) is 26.3 Å². The Labute approximate surface area is 165 Å². The van der Waals surface area contributed by atoms with Gasteiger partial charge in [0.1, 0.15) is 0 Å². The predicted octanol–water partition coefficient (Wildman–Crippen LogP) is 7.62. The molecule has 0 fully saturated rings. The first-order chi connectivity index (χ1) is 11.8. The molecular weight excluding hydrogens is 411 g/mol. The largest absolute Gasteiger partial charge is 0.466 e. The Morgan fingerprint density at radius 2 is 1.08 bits per heavy atom. The van der Waals surface area contributed by atoms with Crippen LogP contribution in [0.2, 0.25) is 0 Å². The molecule has 0 amide bonds. The Bertz CT molecular complexity index is 256. The van der Waals surface area contributed by atoms with Crippen molar-refractivity contribution < 1.29 is 9.53 Å². The zero-order valence-electron chi connectivity index (χ0n) is 16.1. The number of carbonyl (C=O) groups excluding carboxylic acids is 1. The second-order valence-electron chi connectivity index (χ2n) is 6.96. The van der Waals surface area contributed by atoms with Crippen molar-refractivity contribution in [3.63, 3.8) is 0 Å². The quantitative estimate of drug-likeness (QED) is 0.0872. The molecule has 144 valence electrons. The molecule has 24 heavy (non-hydrogen) atoms. The molecule has 0 unspecified atom stereocenters. The van der Waals surface area contributed by atoms with E-state index in [9.17, 15) is 4.79 Å². The van der Waals surface area contributed by atoms with Gasteiger partial charge in [0.15, 0.2) is 0 Å². The lowest BCUT2D eigenvalue weighted by molar-refractivity contribution is -0.143. The summed E-state index contributed by atoms with van der Waals surface area (Å²) in [6, 6.07) is 0. The minimum absolute atomic E-state index is 0.00505. The van der Waals surface area contributed by atoms with Gasteiger partial charge in [-0.05, 0) is 12.8 Å². The van der Waals surface area contributed by atoms with Gasteiger partial charge in [-0.2, -0.15) is 0 Å². The maximum Gasteiger partial charge on any atom is 0.305 e. The van der Waals surface area contributed by atoms with Crippen LogP contribution in [0.5, 0.6) is 0 Å². The molecule has 0 aliphatic heterocycles. The molecule has 0 aliphatic rings. The molecule has 0 atom stereocenters. The second-order valence-corrected chi connectivity index (χ2v) is 8.04. The molecule has 0 spiro atoms. The molecule has 0 saturated carbocycles. The summed E-state index contributed by atoms with van der Waals surface area (Å²) in [6.07, 6.45) is 22.0. The van der Waals surface area contributed by atoms with Gasteiger partial charge in [0.05, 0.1) is 6.61 Å². The van der Waals surface area contributed by atoms with Gasteiger partial charge in [-0.3, -0.25) is 4.79 Å². The maximum absolute atomic E-state index is 11.4. The van der Waals surface area contributed by atoms with Crippen molar-refractivity contribution >= 4 is 28.6 Å². The fraction of sp³-hybridized carbons (Fsp3) is 0.952. The predicted molar refractivity (Wildman–Crippen MR) is 114 cm³/mol. The van der Waals surface area contributed by atoms with Gasteiger partial charge in [0, 0.05) is 10.8 Å². The van der Waals surface area contributed by atoms with Crippen LogP contribution in [0.15, 0.2) is 0 Å². The van der Waals surface area contributed by atoms with Gasteiger partial charge in [-0.1, -0.05) is 119 Å². The third-order valence-electron chi connectivity index (χ3n) is 4.53. The van der Waals surface area contributed by atoms with E-state index in [4.69, 9.17) is 4.74 Å². The van der Waals surface area contributed by atoms with Crippen molar-refractivity contribution in [2.75, 3.05) is 11.0 Å². The average molecular weight is 452 g/mol. The first-order valence-corrected chi connectivity index (χ1v) is 12.1. The third-order valence-corrected chi connectivity index (χ3v) is 5.29. The summed E-state index contributed by atoms with van der Waals surface area (Å²) in [5.74, 6) is -0.00505. The van der Waals surface area contributed by atoms with E-state index >= 15 is 0 Å². The molecule has 0 saturated heterocycles. The van der Waals surface area contributed by atoms with Gasteiger partial charge < -0.3 is 4.74 Å². The molecule has 0 aliphatic carbocycles. The molecule has 0 radical (unpaired) electrons. The molecule has 0 rings (SSSR count). The molecule has 3 heteroatoms. The van der Waals surface area contributed by atoms with Crippen molar-refractivity contribution in [1.29, 1.82) is 0 Å². The second kappa shape index (κ2) is 21.2. The van der Waals surface area contributed by atoms with Crippen LogP contribution in [-0.4, -0.2) is 17.0 Å². The van der Waals surface area contributed by atoms with Crippen LogP contribution in [0, 0.1) is 0 Å². The van der Waals surface area contributed by atoms with E-state index in [1.54, 1.807) is 0 Å². The minimum Gasteiger partial charge on any atom is -0.466 e. The van der Waals surface area contributed by atoms with Crippen LogP contribution >= 0.6 is 22.6 Å². The molecular formula is C21H41IO2. The summed E-state index contributed by atoms with van der Waals surface area (Å²) in [4.78, 5) is 11.4. The number of halogens is 1. The van der Waals surface area contributed by atoms with Crippen molar-refractivity contribution in [3.8, 4) is 0 Å². The van der Waals surface area contributed by atoms with E-state index in [-0.39, 0.29) is 5.97 Å². The number of rotatable bonds is 19. The number of alkyl halides is 1. The van der Waals surface area contributed by atoms with Gasteiger partial charge in [0.2, 0.25) is 0 Å². The lowest BCUT2D eigenvalue weighted by atomic mass is 10.0. The van der Waals surface area contributed by atoms with E-state index in [1.165, 1.54) is 89.9 Å². The SMILES string of the molecule is CCCCCCCCCCCCCCCCCC(=O)OCCCI. The fourth-order valence-electron chi connectivity index (χ4n) is 2.95. The zero-order valence-corrected chi connectivity index (χ0v) is 18.3. The normalized spacial score (nSPS) is 10.9. The van der Waals surface area contributed by atoms with E-state index < -0.39 is 0 Å². The van der Waals surface area contributed by atoms with Crippen LogP contribution in [0.25, 0.3) is 0 Å². The minimum atomic E-state index is -0.00505. The molecule has 0 aromatic carbocycles. The average Bonchev–Trinajstić information content (AvgIpc) is 2.58. The van der Waals surface area contributed by atoms with Crippen molar-refractivity contribution in [3.05, 3.63) is 0 Å². The third kappa shape index (κ3) is 20.2. The summed E-state index contributed by atoms with van der Waals surface area (Å²) >= 11 is 2.31. The van der Waals surface area contributed by atoms with E-state index in [2.05, 4.69) is 29.5 Å². The van der Waals surface area contributed by atoms with Gasteiger partial charge in [-0.25, -0.2) is 0 Å². The maximum atomic E-state index is 11.4. The Morgan fingerprint density at radius 3 is 1.50 bits per heavy atom. The Morgan fingerprint density at radius 1 is 0.667 bits per heavy atom. The number of carbonyl (C=O) groups is 1. The standard InChI is InChI=1S/C21H41IO2/c1-2-3-4-5-6-7-8-9-10-11-12-13-14-15-16-18-21(23)24-20-17-19-22/h2-20H2,1H3. The lowest BCUT2D eigenvalue weighted by Crippen LogP contribution is -2.05. The highest BCUT2D eigenvalue weighted by atomic mass is 127. The fourth-order valence-corrected chi connectivity index (χ4v) is 3.26. The lowest BCUT2D eigenvalue weighted by Gasteiger charge is -2.04. The van der Waals surface area contributed by atoms with Crippen molar-refractivity contribution in [2.24, 2.45) is 0 Å². The summed E-state index contributed by atoms with van der Waals surface area (Å²) in [6.45, 7) is 2.88. The van der Waals surface area contributed by atoms with E-state index in [0.717, 1.165) is 17.3 Å². The zero-order chi connectivity index (χ0) is 17.7. The summed E-state index contributed by atoms with van der Waals surface area (Å²) in [5.41, 5.74) is 0. The van der Waals surface area contributed by atoms with Gasteiger partial charge in [-0.15, -0.1) is 0 Å². The van der Waals surface area contributed by atoms with Crippen LogP contribution in [0.3, 0.4) is 0 Å². The number of esters is 1. The molecule has 2 nitrogen and oxygen atoms in total. The highest BCUT2D eigenvalue weighted by molar-refractivity contribution is 14.1.